The van der Waals surface area contributed by atoms with Crippen LogP contribution in [0.5, 0.6) is 0 Å². The van der Waals surface area contributed by atoms with Gasteiger partial charge in [0.2, 0.25) is 0 Å². The maximum absolute atomic E-state index is 10.8. The summed E-state index contributed by atoms with van der Waals surface area (Å²) in [7, 11) is 0. The summed E-state index contributed by atoms with van der Waals surface area (Å²) in [5, 5.41) is 11.5. The van der Waals surface area contributed by atoms with Gasteiger partial charge in [-0.25, -0.2) is 4.98 Å². The number of hydrogen-bond acceptors (Lipinski definition) is 5. The summed E-state index contributed by atoms with van der Waals surface area (Å²) in [4.78, 5) is 14.8. The summed E-state index contributed by atoms with van der Waals surface area (Å²) < 4.78 is 4.30. The van der Waals surface area contributed by atoms with E-state index in [1.165, 1.54) is 23.7 Å². The summed E-state index contributed by atoms with van der Waals surface area (Å²) in [6.45, 7) is 0. The first-order valence-corrected chi connectivity index (χ1v) is 6.65. The fourth-order valence-corrected chi connectivity index (χ4v) is 2.48. The molecule has 0 aliphatic heterocycles. The Labute approximate surface area is 118 Å². The van der Waals surface area contributed by atoms with Gasteiger partial charge in [0.15, 0.2) is 5.82 Å². The van der Waals surface area contributed by atoms with Crippen LogP contribution in [0.3, 0.4) is 0 Å². The highest BCUT2D eigenvalue weighted by Crippen LogP contribution is 2.28. The van der Waals surface area contributed by atoms with E-state index in [9.17, 15) is 10.1 Å². The molecule has 3 aromatic rings. The highest BCUT2D eigenvalue weighted by Gasteiger charge is 2.11. The maximum atomic E-state index is 10.8. The van der Waals surface area contributed by atoms with Crippen molar-refractivity contribution in [2.24, 2.45) is 0 Å². The van der Waals surface area contributed by atoms with E-state index in [1.54, 1.807) is 12.1 Å². The van der Waals surface area contributed by atoms with Crippen LogP contribution < -0.4 is 0 Å². The molecule has 0 atom stereocenters. The molecule has 0 N–H and O–H groups in total. The number of rotatable bonds is 3. The largest absolute Gasteiger partial charge is 0.270 e. The Kier molecular flexibility index (Phi) is 3.22. The number of hydrogen-bond donors (Lipinski definition) is 0. The fraction of sp³-hybridized carbons (Fsp3) is 0. The molecule has 0 spiro atoms. The predicted octanol–water partition coefficient (Wildman–Crippen LogP) is 3.78. The number of nitro benzene ring substituents is 1. The SMILES string of the molecule is O=[N+]([O-])c1cccc(-c2nc(-c3ccccc3)ns2)c1. The van der Waals surface area contributed by atoms with Gasteiger partial charge in [0.05, 0.1) is 4.92 Å². The maximum Gasteiger partial charge on any atom is 0.270 e. The third kappa shape index (κ3) is 2.41. The monoisotopic (exact) mass is 283 g/mol. The molecule has 0 amide bonds. The highest BCUT2D eigenvalue weighted by molar-refractivity contribution is 7.09. The van der Waals surface area contributed by atoms with E-state index >= 15 is 0 Å². The van der Waals surface area contributed by atoms with E-state index in [-0.39, 0.29) is 5.69 Å². The quantitative estimate of drug-likeness (QED) is 0.542. The van der Waals surface area contributed by atoms with Crippen LogP contribution in [0.4, 0.5) is 5.69 Å². The first kappa shape index (κ1) is 12.4. The van der Waals surface area contributed by atoms with Crippen molar-refractivity contribution < 1.29 is 4.92 Å². The molecule has 98 valence electrons. The zero-order chi connectivity index (χ0) is 13.9. The lowest BCUT2D eigenvalue weighted by molar-refractivity contribution is -0.384. The second-order valence-electron chi connectivity index (χ2n) is 4.10. The van der Waals surface area contributed by atoms with Gasteiger partial charge >= 0.3 is 0 Å². The van der Waals surface area contributed by atoms with E-state index in [0.717, 1.165) is 5.56 Å². The molecule has 2 aromatic carbocycles. The van der Waals surface area contributed by atoms with Crippen molar-refractivity contribution in [3.8, 4) is 22.0 Å². The molecule has 0 saturated heterocycles. The topological polar surface area (TPSA) is 68.9 Å². The molecule has 1 aromatic heterocycles. The molecular formula is C14H9N3O2S. The van der Waals surface area contributed by atoms with Crippen molar-refractivity contribution >= 4 is 17.2 Å². The first-order valence-electron chi connectivity index (χ1n) is 5.88. The summed E-state index contributed by atoms with van der Waals surface area (Å²) in [6.07, 6.45) is 0. The van der Waals surface area contributed by atoms with Crippen LogP contribution in [0.25, 0.3) is 22.0 Å². The summed E-state index contributed by atoms with van der Waals surface area (Å²) in [5.41, 5.74) is 1.69. The van der Waals surface area contributed by atoms with Crippen molar-refractivity contribution in [2.45, 2.75) is 0 Å². The number of benzene rings is 2. The molecule has 3 rings (SSSR count). The second kappa shape index (κ2) is 5.18. The van der Waals surface area contributed by atoms with E-state index < -0.39 is 4.92 Å². The molecule has 6 heteroatoms. The molecule has 0 unspecified atom stereocenters. The standard InChI is InChI=1S/C14H9N3O2S/c18-17(19)12-8-4-7-11(9-12)14-15-13(16-20-14)10-5-2-1-3-6-10/h1-9H. The Morgan fingerprint density at radius 3 is 2.50 bits per heavy atom. The van der Waals surface area contributed by atoms with E-state index in [1.807, 2.05) is 30.3 Å². The van der Waals surface area contributed by atoms with Gasteiger partial charge in [0.25, 0.3) is 5.69 Å². The van der Waals surface area contributed by atoms with Crippen LogP contribution >= 0.6 is 11.5 Å². The summed E-state index contributed by atoms with van der Waals surface area (Å²) in [6, 6.07) is 16.0. The molecule has 0 radical (unpaired) electrons. The minimum atomic E-state index is -0.414. The van der Waals surface area contributed by atoms with Crippen LogP contribution in [0.2, 0.25) is 0 Å². The Morgan fingerprint density at radius 2 is 1.75 bits per heavy atom. The molecule has 0 saturated carbocycles. The lowest BCUT2D eigenvalue weighted by atomic mass is 10.2. The van der Waals surface area contributed by atoms with Crippen LogP contribution in [0.1, 0.15) is 0 Å². The van der Waals surface area contributed by atoms with Gasteiger partial charge in [0.1, 0.15) is 5.01 Å². The zero-order valence-corrected chi connectivity index (χ0v) is 11.1. The summed E-state index contributed by atoms with van der Waals surface area (Å²) >= 11 is 1.23. The van der Waals surface area contributed by atoms with Gasteiger partial charge in [-0.05, 0) is 11.5 Å². The fourth-order valence-electron chi connectivity index (χ4n) is 1.80. The van der Waals surface area contributed by atoms with E-state index in [4.69, 9.17) is 0 Å². The molecule has 1 heterocycles. The van der Waals surface area contributed by atoms with Gasteiger partial charge in [-0.15, -0.1) is 0 Å². The lowest BCUT2D eigenvalue weighted by Gasteiger charge is -1.95. The van der Waals surface area contributed by atoms with Crippen molar-refractivity contribution in [3.63, 3.8) is 0 Å². The van der Waals surface area contributed by atoms with Gasteiger partial charge < -0.3 is 0 Å². The van der Waals surface area contributed by atoms with Crippen molar-refractivity contribution in [3.05, 3.63) is 64.7 Å². The normalized spacial score (nSPS) is 10.4. The van der Waals surface area contributed by atoms with Crippen molar-refractivity contribution in [2.75, 3.05) is 0 Å². The van der Waals surface area contributed by atoms with Crippen molar-refractivity contribution in [1.82, 2.24) is 9.36 Å². The van der Waals surface area contributed by atoms with Crippen LogP contribution in [0, 0.1) is 10.1 Å². The minimum Gasteiger partial charge on any atom is -0.258 e. The molecule has 0 aliphatic carbocycles. The third-order valence-electron chi connectivity index (χ3n) is 2.76. The molecular weight excluding hydrogens is 274 g/mol. The van der Waals surface area contributed by atoms with Crippen molar-refractivity contribution in [1.29, 1.82) is 0 Å². The zero-order valence-electron chi connectivity index (χ0n) is 10.3. The number of nitro groups is 1. The van der Waals surface area contributed by atoms with Crippen LogP contribution in [0.15, 0.2) is 54.6 Å². The minimum absolute atomic E-state index is 0.0546. The average molecular weight is 283 g/mol. The van der Waals surface area contributed by atoms with Gasteiger partial charge in [-0.2, -0.15) is 4.37 Å². The molecule has 0 fully saturated rings. The number of non-ortho nitro benzene ring substituents is 1. The summed E-state index contributed by atoms with van der Waals surface area (Å²) in [5.74, 6) is 0.636. The second-order valence-corrected chi connectivity index (χ2v) is 4.85. The Bertz CT molecular complexity index is 756. The van der Waals surface area contributed by atoms with E-state index in [0.29, 0.717) is 16.4 Å². The van der Waals surface area contributed by atoms with Crippen LogP contribution in [-0.2, 0) is 0 Å². The molecule has 0 aliphatic rings. The number of aromatic nitrogens is 2. The molecule has 20 heavy (non-hydrogen) atoms. The molecule has 5 nitrogen and oxygen atoms in total. The first-order chi connectivity index (χ1) is 9.74. The predicted molar refractivity (Wildman–Crippen MR) is 77.4 cm³/mol. The van der Waals surface area contributed by atoms with Gasteiger partial charge in [-0.3, -0.25) is 10.1 Å². The smallest absolute Gasteiger partial charge is 0.258 e. The lowest BCUT2D eigenvalue weighted by Crippen LogP contribution is -1.87. The number of nitrogens with zero attached hydrogens (tertiary/aromatic N) is 3. The molecule has 0 bridgehead atoms. The Balaban J connectivity index is 1.98. The highest BCUT2D eigenvalue weighted by atomic mass is 32.1. The Morgan fingerprint density at radius 1 is 1.00 bits per heavy atom. The Hall–Kier alpha value is -2.60. The van der Waals surface area contributed by atoms with E-state index in [2.05, 4.69) is 9.36 Å². The van der Waals surface area contributed by atoms with Gasteiger partial charge in [-0.1, -0.05) is 42.5 Å². The van der Waals surface area contributed by atoms with Gasteiger partial charge in [0, 0.05) is 23.3 Å². The van der Waals surface area contributed by atoms with Crippen LogP contribution in [-0.4, -0.2) is 14.3 Å². The third-order valence-corrected chi connectivity index (χ3v) is 3.53. The average Bonchev–Trinajstić information content (AvgIpc) is 2.98.